The number of pyridine rings is 1. The molecule has 5 rings (SSSR count). The van der Waals surface area contributed by atoms with Gasteiger partial charge < -0.3 is 9.30 Å². The van der Waals surface area contributed by atoms with Gasteiger partial charge in [0.15, 0.2) is 11.2 Å². The largest absolute Gasteiger partial charge is 0.378 e. The number of hydrogen-bond donors (Lipinski definition) is 0. The van der Waals surface area contributed by atoms with Crippen LogP contribution in [0.3, 0.4) is 0 Å². The van der Waals surface area contributed by atoms with E-state index in [9.17, 15) is 4.79 Å². The minimum atomic E-state index is -0.131. The van der Waals surface area contributed by atoms with Crippen LogP contribution in [0.2, 0.25) is 0 Å². The lowest BCUT2D eigenvalue weighted by Gasteiger charge is -2.13. The molecule has 0 spiro atoms. The molecular weight excluding hydrogens is 390 g/mol. The highest BCUT2D eigenvalue weighted by molar-refractivity contribution is 5.84. The molecule has 0 amide bonds. The van der Waals surface area contributed by atoms with Gasteiger partial charge in [-0.3, -0.25) is 4.79 Å². The molecule has 0 atom stereocenters. The van der Waals surface area contributed by atoms with Crippen molar-refractivity contribution in [2.24, 2.45) is 0 Å². The predicted octanol–water partition coefficient (Wildman–Crippen LogP) is 4.14. The Morgan fingerprint density at radius 2 is 1.97 bits per heavy atom. The minimum Gasteiger partial charge on any atom is -0.378 e. The molecule has 3 heterocycles. The molecule has 0 fully saturated rings. The Labute approximate surface area is 180 Å². The number of allylic oxidation sites excluding steroid dienone is 2. The highest BCUT2D eigenvalue weighted by atomic mass is 16.5. The van der Waals surface area contributed by atoms with Crippen LogP contribution >= 0.6 is 0 Å². The molecule has 31 heavy (non-hydrogen) atoms. The number of aryl methyl sites for hydroxylation is 1. The second-order valence-corrected chi connectivity index (χ2v) is 7.96. The fourth-order valence-electron chi connectivity index (χ4n) is 4.34. The Bertz CT molecular complexity index is 1320. The van der Waals surface area contributed by atoms with Gasteiger partial charge in [-0.05, 0) is 43.7 Å². The van der Waals surface area contributed by atoms with Crippen LogP contribution in [-0.2, 0) is 17.9 Å². The molecule has 7 heteroatoms. The third-order valence-electron chi connectivity index (χ3n) is 5.93. The number of nitrogens with zero attached hydrogens (tertiary/aromatic N) is 5. The van der Waals surface area contributed by atoms with Crippen molar-refractivity contribution in [3.63, 3.8) is 0 Å². The Balaban J connectivity index is 1.59. The number of ether oxygens (including phenoxy) is 1. The van der Waals surface area contributed by atoms with E-state index in [0.29, 0.717) is 29.8 Å². The van der Waals surface area contributed by atoms with Gasteiger partial charge in [-0.2, -0.15) is 5.10 Å². The zero-order chi connectivity index (χ0) is 21.2. The molecule has 1 aliphatic carbocycles. The molecule has 0 unspecified atom stereocenters. The summed E-state index contributed by atoms with van der Waals surface area (Å²) in [6, 6.07) is 11.9. The van der Waals surface area contributed by atoms with E-state index in [0.717, 1.165) is 36.1 Å². The second kappa shape index (κ2) is 8.43. The second-order valence-electron chi connectivity index (χ2n) is 7.96. The lowest BCUT2D eigenvalue weighted by atomic mass is 9.97. The molecule has 1 aliphatic rings. The fraction of sp³-hybridized carbons (Fsp3) is 0.333. The van der Waals surface area contributed by atoms with E-state index in [4.69, 9.17) is 9.84 Å². The van der Waals surface area contributed by atoms with Crippen LogP contribution in [0.15, 0.2) is 59.0 Å². The number of aromatic nitrogens is 5. The standard InChI is InChI=1S/C24H25N5O2/c1-31-16-19-21(18-10-6-3-7-11-18)23-26-25-22-20(29(23)27-19)13-15-28(24(22)30)14-12-17-8-4-2-5-9-17/h3,6-8,10-11,13,15H,2,4-5,9,12,14,16H2,1H3. The Morgan fingerprint density at radius 1 is 1.10 bits per heavy atom. The first-order chi connectivity index (χ1) is 15.3. The maximum Gasteiger partial charge on any atom is 0.280 e. The van der Waals surface area contributed by atoms with Crippen molar-refractivity contribution in [3.8, 4) is 11.1 Å². The average molecular weight is 415 g/mol. The van der Waals surface area contributed by atoms with Gasteiger partial charge in [0.05, 0.1) is 17.9 Å². The van der Waals surface area contributed by atoms with Crippen LogP contribution in [0, 0.1) is 0 Å². The van der Waals surface area contributed by atoms with E-state index in [1.807, 2.05) is 42.6 Å². The van der Waals surface area contributed by atoms with Gasteiger partial charge in [0.25, 0.3) is 5.56 Å². The van der Waals surface area contributed by atoms with Crippen LogP contribution < -0.4 is 5.56 Å². The van der Waals surface area contributed by atoms with Gasteiger partial charge in [-0.25, -0.2) is 4.52 Å². The SMILES string of the molecule is COCc1nn2c(nnc3c(=O)n(CCC4=CCCCC4)ccc32)c1-c1ccccc1. The third kappa shape index (κ3) is 3.65. The van der Waals surface area contributed by atoms with Crippen molar-refractivity contribution in [1.82, 2.24) is 24.4 Å². The van der Waals surface area contributed by atoms with Crippen molar-refractivity contribution in [2.75, 3.05) is 7.11 Å². The van der Waals surface area contributed by atoms with Crippen molar-refractivity contribution in [1.29, 1.82) is 0 Å². The topological polar surface area (TPSA) is 74.3 Å². The van der Waals surface area contributed by atoms with E-state index in [-0.39, 0.29) is 5.56 Å². The van der Waals surface area contributed by atoms with E-state index in [2.05, 4.69) is 16.3 Å². The number of methoxy groups -OCH3 is 1. The predicted molar refractivity (Wildman–Crippen MR) is 120 cm³/mol. The van der Waals surface area contributed by atoms with Gasteiger partial charge in [0, 0.05) is 19.9 Å². The molecule has 0 saturated heterocycles. The average Bonchev–Trinajstić information content (AvgIpc) is 3.18. The maximum atomic E-state index is 13.1. The third-order valence-corrected chi connectivity index (χ3v) is 5.93. The summed E-state index contributed by atoms with van der Waals surface area (Å²) in [7, 11) is 1.64. The van der Waals surface area contributed by atoms with E-state index in [1.165, 1.54) is 18.4 Å². The molecule has 1 aromatic carbocycles. The molecule has 0 aliphatic heterocycles. The first-order valence-corrected chi connectivity index (χ1v) is 10.8. The first-order valence-electron chi connectivity index (χ1n) is 10.8. The number of fused-ring (bicyclic) bond motifs is 3. The summed E-state index contributed by atoms with van der Waals surface area (Å²) in [5.41, 5.74) is 5.56. The van der Waals surface area contributed by atoms with E-state index >= 15 is 0 Å². The van der Waals surface area contributed by atoms with Crippen LogP contribution in [0.5, 0.6) is 0 Å². The zero-order valence-electron chi connectivity index (χ0n) is 17.6. The summed E-state index contributed by atoms with van der Waals surface area (Å²) < 4.78 is 8.82. The molecule has 158 valence electrons. The summed E-state index contributed by atoms with van der Waals surface area (Å²) in [4.78, 5) is 13.1. The molecule has 0 saturated carbocycles. The Hall–Kier alpha value is -3.32. The lowest BCUT2D eigenvalue weighted by molar-refractivity contribution is 0.181. The smallest absolute Gasteiger partial charge is 0.280 e. The van der Waals surface area contributed by atoms with Gasteiger partial charge in [-0.1, -0.05) is 42.0 Å². The van der Waals surface area contributed by atoms with Gasteiger partial charge in [0.2, 0.25) is 0 Å². The maximum absolute atomic E-state index is 13.1. The van der Waals surface area contributed by atoms with Crippen molar-refractivity contribution in [2.45, 2.75) is 45.3 Å². The first kappa shape index (κ1) is 19.6. The number of hydrogen-bond acceptors (Lipinski definition) is 5. The highest BCUT2D eigenvalue weighted by Gasteiger charge is 2.19. The van der Waals surface area contributed by atoms with E-state index in [1.54, 1.807) is 16.2 Å². The number of rotatable bonds is 6. The van der Waals surface area contributed by atoms with E-state index < -0.39 is 0 Å². The summed E-state index contributed by atoms with van der Waals surface area (Å²) >= 11 is 0. The molecule has 0 N–H and O–H groups in total. The monoisotopic (exact) mass is 415 g/mol. The highest BCUT2D eigenvalue weighted by Crippen LogP contribution is 2.29. The van der Waals surface area contributed by atoms with Gasteiger partial charge in [-0.15, -0.1) is 10.2 Å². The lowest BCUT2D eigenvalue weighted by Crippen LogP contribution is -2.22. The van der Waals surface area contributed by atoms with Gasteiger partial charge in [0.1, 0.15) is 5.52 Å². The van der Waals surface area contributed by atoms with Gasteiger partial charge >= 0.3 is 0 Å². The molecular formula is C24H25N5O2. The van der Waals surface area contributed by atoms with Crippen LogP contribution in [0.25, 0.3) is 27.8 Å². The summed E-state index contributed by atoms with van der Waals surface area (Å²) in [5.74, 6) is 0. The summed E-state index contributed by atoms with van der Waals surface area (Å²) in [5, 5.41) is 13.5. The van der Waals surface area contributed by atoms with Crippen molar-refractivity contribution >= 4 is 16.7 Å². The molecule has 3 aromatic heterocycles. The normalized spacial score (nSPS) is 14.3. The van der Waals surface area contributed by atoms with Crippen LogP contribution in [-0.4, -0.2) is 31.5 Å². The van der Waals surface area contributed by atoms with Crippen molar-refractivity contribution in [3.05, 3.63) is 70.3 Å². The molecule has 4 aromatic rings. The minimum absolute atomic E-state index is 0.131. The molecule has 0 bridgehead atoms. The van der Waals surface area contributed by atoms with Crippen LogP contribution in [0.4, 0.5) is 0 Å². The fourth-order valence-corrected chi connectivity index (χ4v) is 4.34. The Morgan fingerprint density at radius 3 is 2.74 bits per heavy atom. The molecule has 0 radical (unpaired) electrons. The van der Waals surface area contributed by atoms with Crippen molar-refractivity contribution < 1.29 is 4.74 Å². The number of benzene rings is 1. The summed E-state index contributed by atoms with van der Waals surface area (Å²) in [6.45, 7) is 1.00. The summed E-state index contributed by atoms with van der Waals surface area (Å²) in [6.07, 6.45) is 9.87. The Kier molecular flexibility index (Phi) is 5.34. The van der Waals surface area contributed by atoms with Crippen LogP contribution in [0.1, 0.15) is 37.8 Å². The zero-order valence-corrected chi connectivity index (χ0v) is 17.6. The molecule has 7 nitrogen and oxygen atoms in total. The quantitative estimate of drug-likeness (QED) is 0.443.